The number of nitrogens with zero attached hydrogens (tertiary/aromatic N) is 5. The number of pyridine rings is 1. The molecule has 25 heavy (non-hydrogen) atoms. The van der Waals surface area contributed by atoms with E-state index in [1.165, 1.54) is 0 Å². The summed E-state index contributed by atoms with van der Waals surface area (Å²) in [5.41, 5.74) is 1.64. The molecular weight excluding hydrogens is 354 g/mol. The number of aromatic nitrogens is 5. The van der Waals surface area contributed by atoms with Gasteiger partial charge in [-0.05, 0) is 24.3 Å². The Morgan fingerprint density at radius 2 is 1.64 bits per heavy atom. The van der Waals surface area contributed by atoms with Crippen molar-refractivity contribution in [2.24, 2.45) is 0 Å². The van der Waals surface area contributed by atoms with E-state index in [9.17, 15) is 0 Å². The fourth-order valence-corrected chi connectivity index (χ4v) is 3.91. The van der Waals surface area contributed by atoms with Crippen molar-refractivity contribution >= 4 is 39.4 Å². The molecule has 0 amide bonds. The third-order valence-corrected chi connectivity index (χ3v) is 5.31. The van der Waals surface area contributed by atoms with Crippen LogP contribution in [0.25, 0.3) is 37.7 Å². The van der Waals surface area contributed by atoms with Crippen molar-refractivity contribution in [1.82, 2.24) is 24.8 Å². The largest absolute Gasteiger partial charge is 0.221 e. The minimum atomic E-state index is 0.415. The standard InChI is InChI=1S/C18H10ClN5S/c19-17-12-6-2-1-5-11(12)16(21-22-17)13-8-9-14(25-13)18-20-15-7-3-4-10-24(15)23-18/h1-10H. The van der Waals surface area contributed by atoms with Gasteiger partial charge in [0.05, 0.1) is 9.75 Å². The number of rotatable bonds is 2. The van der Waals surface area contributed by atoms with E-state index in [4.69, 9.17) is 11.6 Å². The van der Waals surface area contributed by atoms with Crippen LogP contribution in [0.2, 0.25) is 5.15 Å². The number of thiophene rings is 1. The van der Waals surface area contributed by atoms with Gasteiger partial charge in [0.15, 0.2) is 16.6 Å². The van der Waals surface area contributed by atoms with Crippen LogP contribution in [0.5, 0.6) is 0 Å². The van der Waals surface area contributed by atoms with Crippen molar-refractivity contribution in [2.45, 2.75) is 0 Å². The smallest absolute Gasteiger partial charge is 0.192 e. The topological polar surface area (TPSA) is 56.0 Å². The van der Waals surface area contributed by atoms with E-state index in [-0.39, 0.29) is 0 Å². The summed E-state index contributed by atoms with van der Waals surface area (Å²) >= 11 is 7.76. The highest BCUT2D eigenvalue weighted by atomic mass is 35.5. The Morgan fingerprint density at radius 1 is 0.840 bits per heavy atom. The van der Waals surface area contributed by atoms with Gasteiger partial charge in [-0.2, -0.15) is 0 Å². The van der Waals surface area contributed by atoms with Crippen LogP contribution >= 0.6 is 22.9 Å². The van der Waals surface area contributed by atoms with E-state index in [2.05, 4.69) is 20.3 Å². The molecule has 0 spiro atoms. The molecule has 0 unspecified atom stereocenters. The van der Waals surface area contributed by atoms with Gasteiger partial charge in [0, 0.05) is 17.0 Å². The van der Waals surface area contributed by atoms with E-state index in [1.54, 1.807) is 15.9 Å². The summed E-state index contributed by atoms with van der Waals surface area (Å²) in [7, 11) is 0. The van der Waals surface area contributed by atoms with Crippen LogP contribution in [0.1, 0.15) is 0 Å². The lowest BCUT2D eigenvalue weighted by molar-refractivity contribution is 0.967. The van der Waals surface area contributed by atoms with Crippen molar-refractivity contribution in [3.63, 3.8) is 0 Å². The van der Waals surface area contributed by atoms with Gasteiger partial charge in [-0.25, -0.2) is 9.50 Å². The molecule has 5 aromatic rings. The highest BCUT2D eigenvalue weighted by Crippen LogP contribution is 2.36. The molecule has 5 nitrogen and oxygen atoms in total. The van der Waals surface area contributed by atoms with Crippen molar-refractivity contribution in [3.05, 3.63) is 65.9 Å². The van der Waals surface area contributed by atoms with Crippen LogP contribution < -0.4 is 0 Å². The lowest BCUT2D eigenvalue weighted by atomic mass is 10.1. The molecule has 0 saturated carbocycles. The molecule has 0 aliphatic carbocycles. The maximum absolute atomic E-state index is 6.17. The summed E-state index contributed by atoms with van der Waals surface area (Å²) in [5.74, 6) is 0.702. The zero-order chi connectivity index (χ0) is 16.8. The number of benzene rings is 1. The molecule has 4 aromatic heterocycles. The second kappa shape index (κ2) is 5.61. The molecule has 0 N–H and O–H groups in total. The van der Waals surface area contributed by atoms with Crippen molar-refractivity contribution in [2.75, 3.05) is 0 Å². The van der Waals surface area contributed by atoms with Gasteiger partial charge in [0.2, 0.25) is 0 Å². The first kappa shape index (κ1) is 14.5. The Kier molecular flexibility index (Phi) is 3.26. The molecule has 0 aliphatic heterocycles. The molecule has 0 atom stereocenters. The van der Waals surface area contributed by atoms with Gasteiger partial charge in [-0.15, -0.1) is 26.6 Å². The van der Waals surface area contributed by atoms with Crippen LogP contribution in [0, 0.1) is 0 Å². The number of fused-ring (bicyclic) bond motifs is 2. The third-order valence-electron chi connectivity index (χ3n) is 3.94. The third kappa shape index (κ3) is 2.38. The van der Waals surface area contributed by atoms with E-state index >= 15 is 0 Å². The van der Waals surface area contributed by atoms with Crippen LogP contribution in [0.4, 0.5) is 0 Å². The van der Waals surface area contributed by atoms with Crippen LogP contribution in [0.3, 0.4) is 0 Å². The minimum Gasteiger partial charge on any atom is -0.221 e. The van der Waals surface area contributed by atoms with Gasteiger partial charge in [-0.1, -0.05) is 41.9 Å². The highest BCUT2D eigenvalue weighted by molar-refractivity contribution is 7.18. The van der Waals surface area contributed by atoms with Gasteiger partial charge >= 0.3 is 0 Å². The fraction of sp³-hybridized carbons (Fsp3) is 0. The van der Waals surface area contributed by atoms with E-state index in [0.717, 1.165) is 31.9 Å². The Hall–Kier alpha value is -2.83. The first-order valence-electron chi connectivity index (χ1n) is 7.62. The number of halogens is 1. The van der Waals surface area contributed by atoms with E-state index in [0.29, 0.717) is 11.0 Å². The van der Waals surface area contributed by atoms with Crippen molar-refractivity contribution in [3.8, 4) is 21.3 Å². The second-order valence-corrected chi connectivity index (χ2v) is 6.93. The summed E-state index contributed by atoms with van der Waals surface area (Å²) in [4.78, 5) is 6.57. The monoisotopic (exact) mass is 363 g/mol. The van der Waals surface area contributed by atoms with Gasteiger partial charge < -0.3 is 0 Å². The molecular formula is C18H10ClN5S. The van der Waals surface area contributed by atoms with Gasteiger partial charge in [0.1, 0.15) is 5.69 Å². The average Bonchev–Trinajstić information content (AvgIpc) is 3.29. The van der Waals surface area contributed by atoms with Crippen molar-refractivity contribution in [1.29, 1.82) is 0 Å². The molecule has 0 aliphatic rings. The molecule has 7 heteroatoms. The van der Waals surface area contributed by atoms with Crippen LogP contribution in [-0.4, -0.2) is 24.8 Å². The zero-order valence-electron chi connectivity index (χ0n) is 12.8. The molecule has 120 valence electrons. The Labute approximate surface area is 151 Å². The Balaban J connectivity index is 1.65. The quantitative estimate of drug-likeness (QED) is 0.455. The normalized spacial score (nSPS) is 11.4. The summed E-state index contributed by atoms with van der Waals surface area (Å²) in [6, 6.07) is 17.7. The predicted octanol–water partition coefficient (Wildman–Crippen LogP) is 4.72. The highest BCUT2D eigenvalue weighted by Gasteiger charge is 2.14. The average molecular weight is 364 g/mol. The lowest BCUT2D eigenvalue weighted by Crippen LogP contribution is -1.89. The maximum atomic E-state index is 6.17. The number of hydrogen-bond acceptors (Lipinski definition) is 5. The summed E-state index contributed by atoms with van der Waals surface area (Å²) in [6.45, 7) is 0. The Bertz CT molecular complexity index is 1190. The van der Waals surface area contributed by atoms with Gasteiger partial charge in [0.25, 0.3) is 0 Å². The first-order chi connectivity index (χ1) is 12.3. The summed E-state index contributed by atoms with van der Waals surface area (Å²) in [6.07, 6.45) is 1.89. The molecule has 4 heterocycles. The van der Waals surface area contributed by atoms with E-state index in [1.807, 2.05) is 60.8 Å². The SMILES string of the molecule is Clc1nnc(-c2ccc(-c3nc4ccccn4n3)s2)c2ccccc12. The Morgan fingerprint density at radius 3 is 2.52 bits per heavy atom. The van der Waals surface area contributed by atoms with Crippen LogP contribution in [0.15, 0.2) is 60.8 Å². The molecule has 0 saturated heterocycles. The second-order valence-electron chi connectivity index (χ2n) is 5.49. The maximum Gasteiger partial charge on any atom is 0.192 e. The minimum absolute atomic E-state index is 0.415. The molecule has 0 bridgehead atoms. The zero-order valence-corrected chi connectivity index (χ0v) is 14.4. The molecule has 1 aromatic carbocycles. The molecule has 0 fully saturated rings. The lowest BCUT2D eigenvalue weighted by Gasteiger charge is -2.03. The van der Waals surface area contributed by atoms with Gasteiger partial charge in [-0.3, -0.25) is 0 Å². The molecule has 5 rings (SSSR count). The first-order valence-corrected chi connectivity index (χ1v) is 8.82. The van der Waals surface area contributed by atoms with Crippen LogP contribution in [-0.2, 0) is 0 Å². The fourth-order valence-electron chi connectivity index (χ4n) is 2.77. The predicted molar refractivity (Wildman–Crippen MR) is 99.8 cm³/mol. The van der Waals surface area contributed by atoms with Crippen molar-refractivity contribution < 1.29 is 0 Å². The molecule has 0 radical (unpaired) electrons. The van der Waals surface area contributed by atoms with E-state index < -0.39 is 0 Å². The number of hydrogen-bond donors (Lipinski definition) is 0. The summed E-state index contributed by atoms with van der Waals surface area (Å²) < 4.78 is 1.77. The summed E-state index contributed by atoms with van der Waals surface area (Å²) in [5, 5.41) is 15.2.